The lowest BCUT2D eigenvalue weighted by molar-refractivity contribution is 0.197. The van der Waals surface area contributed by atoms with Gasteiger partial charge in [-0.2, -0.15) is 0 Å². The third kappa shape index (κ3) is 2.08. The van der Waals surface area contributed by atoms with Gasteiger partial charge in [-0.05, 0) is 37.5 Å². The van der Waals surface area contributed by atoms with Gasteiger partial charge in [0.2, 0.25) is 0 Å². The van der Waals surface area contributed by atoms with Crippen LogP contribution in [0.5, 0.6) is 0 Å². The van der Waals surface area contributed by atoms with Gasteiger partial charge in [-0.3, -0.25) is 0 Å². The molecule has 1 aromatic carbocycles. The molecule has 13 heavy (non-hydrogen) atoms. The van der Waals surface area contributed by atoms with Gasteiger partial charge in [0.05, 0.1) is 0 Å². The van der Waals surface area contributed by atoms with Crippen LogP contribution in [0.1, 0.15) is 29.7 Å². The van der Waals surface area contributed by atoms with Gasteiger partial charge < -0.3 is 4.74 Å². The summed E-state index contributed by atoms with van der Waals surface area (Å²) < 4.78 is 4.76. The summed E-state index contributed by atoms with van der Waals surface area (Å²) in [7, 11) is 0. The molecular formula is C11H13O2. The van der Waals surface area contributed by atoms with Gasteiger partial charge >= 0.3 is 6.47 Å². The third-order valence-corrected chi connectivity index (χ3v) is 2.31. The predicted molar refractivity (Wildman–Crippen MR) is 51.1 cm³/mol. The van der Waals surface area contributed by atoms with Crippen molar-refractivity contribution < 1.29 is 9.53 Å². The van der Waals surface area contributed by atoms with Crippen LogP contribution >= 0.6 is 0 Å². The summed E-state index contributed by atoms with van der Waals surface area (Å²) in [5, 5.41) is 0. The summed E-state index contributed by atoms with van der Waals surface area (Å²) in [6, 6.07) is 5.96. The van der Waals surface area contributed by atoms with Gasteiger partial charge in [0.1, 0.15) is 6.10 Å². The molecule has 0 saturated heterocycles. The van der Waals surface area contributed by atoms with Crippen molar-refractivity contribution in [2.75, 3.05) is 0 Å². The van der Waals surface area contributed by atoms with Gasteiger partial charge in [0.15, 0.2) is 0 Å². The van der Waals surface area contributed by atoms with Crippen LogP contribution in [-0.2, 0) is 9.53 Å². The summed E-state index contributed by atoms with van der Waals surface area (Å²) in [4.78, 5) is 10.0. The fraction of sp³-hybridized carbons (Fsp3) is 0.364. The van der Waals surface area contributed by atoms with Gasteiger partial charge in [0, 0.05) is 0 Å². The maximum Gasteiger partial charge on any atom is 0.418 e. The molecule has 0 amide bonds. The zero-order chi connectivity index (χ0) is 9.84. The molecule has 0 aliphatic heterocycles. The van der Waals surface area contributed by atoms with Crippen LogP contribution < -0.4 is 0 Å². The second-order valence-corrected chi connectivity index (χ2v) is 3.13. The second kappa shape index (κ2) is 4.08. The Labute approximate surface area is 78.5 Å². The first kappa shape index (κ1) is 9.78. The quantitative estimate of drug-likeness (QED) is 0.708. The standard InChI is InChI=1S/C11H13O2/c1-8-5-4-6-11(9(8)2)10(3)13-7-12/h4-6,10H,1-3H3. The molecule has 0 aliphatic rings. The number of hydrogen-bond acceptors (Lipinski definition) is 2. The van der Waals surface area contributed by atoms with Gasteiger partial charge in [0.25, 0.3) is 0 Å². The first-order valence-electron chi connectivity index (χ1n) is 4.25. The number of aryl methyl sites for hydroxylation is 1. The van der Waals surface area contributed by atoms with E-state index < -0.39 is 0 Å². The van der Waals surface area contributed by atoms with Crippen molar-refractivity contribution in [2.45, 2.75) is 26.9 Å². The molecule has 0 saturated carbocycles. The average Bonchev–Trinajstić information content (AvgIpc) is 2.10. The molecular weight excluding hydrogens is 164 g/mol. The van der Waals surface area contributed by atoms with E-state index in [2.05, 4.69) is 0 Å². The van der Waals surface area contributed by atoms with Crippen LogP contribution in [0.25, 0.3) is 0 Å². The fourth-order valence-corrected chi connectivity index (χ4v) is 1.35. The van der Waals surface area contributed by atoms with Crippen molar-refractivity contribution in [1.82, 2.24) is 0 Å². The van der Waals surface area contributed by atoms with Crippen molar-refractivity contribution in [3.05, 3.63) is 34.9 Å². The lowest BCUT2D eigenvalue weighted by Crippen LogP contribution is -2.01. The fourth-order valence-electron chi connectivity index (χ4n) is 1.35. The summed E-state index contributed by atoms with van der Waals surface area (Å²) >= 11 is 0. The minimum atomic E-state index is -0.211. The first-order chi connectivity index (χ1) is 6.16. The Hall–Kier alpha value is -1.31. The van der Waals surface area contributed by atoms with E-state index in [4.69, 9.17) is 4.74 Å². The first-order valence-corrected chi connectivity index (χ1v) is 4.25. The van der Waals surface area contributed by atoms with Crippen LogP contribution in [-0.4, -0.2) is 6.47 Å². The molecule has 0 aliphatic carbocycles. The Kier molecular flexibility index (Phi) is 3.07. The molecule has 0 N–H and O–H groups in total. The molecule has 1 atom stereocenters. The van der Waals surface area contributed by atoms with Gasteiger partial charge in [-0.1, -0.05) is 18.2 Å². The summed E-state index contributed by atoms with van der Waals surface area (Å²) in [6.07, 6.45) is -0.211. The molecule has 1 radical (unpaired) electrons. The molecule has 2 heteroatoms. The largest absolute Gasteiger partial charge is 0.449 e. The highest BCUT2D eigenvalue weighted by Crippen LogP contribution is 2.21. The second-order valence-electron chi connectivity index (χ2n) is 3.13. The molecule has 69 valence electrons. The van der Waals surface area contributed by atoms with Crippen molar-refractivity contribution >= 4 is 6.47 Å². The maximum atomic E-state index is 10.0. The third-order valence-electron chi connectivity index (χ3n) is 2.31. The normalized spacial score (nSPS) is 12.2. The monoisotopic (exact) mass is 177 g/mol. The Balaban J connectivity index is 3.00. The Morgan fingerprint density at radius 2 is 2.08 bits per heavy atom. The molecule has 0 spiro atoms. The van der Waals surface area contributed by atoms with Gasteiger partial charge in [-0.25, -0.2) is 4.79 Å². The van der Waals surface area contributed by atoms with E-state index >= 15 is 0 Å². The van der Waals surface area contributed by atoms with Crippen LogP contribution in [0.3, 0.4) is 0 Å². The van der Waals surface area contributed by atoms with Gasteiger partial charge in [-0.15, -0.1) is 0 Å². The molecule has 1 rings (SSSR count). The highest BCUT2D eigenvalue weighted by atomic mass is 16.5. The highest BCUT2D eigenvalue weighted by Gasteiger charge is 2.09. The minimum Gasteiger partial charge on any atom is -0.449 e. The number of hydrogen-bond donors (Lipinski definition) is 0. The SMILES string of the molecule is Cc1cccc(C(C)O[C]=O)c1C. The molecule has 1 unspecified atom stereocenters. The highest BCUT2D eigenvalue weighted by molar-refractivity contribution is 5.41. The molecule has 1 aromatic rings. The van der Waals surface area contributed by atoms with Crippen molar-refractivity contribution in [1.29, 1.82) is 0 Å². The van der Waals surface area contributed by atoms with E-state index in [1.54, 1.807) is 0 Å². The zero-order valence-corrected chi connectivity index (χ0v) is 8.13. The van der Waals surface area contributed by atoms with Crippen molar-refractivity contribution in [3.63, 3.8) is 0 Å². The van der Waals surface area contributed by atoms with Crippen LogP contribution in [0.2, 0.25) is 0 Å². The van der Waals surface area contributed by atoms with E-state index in [-0.39, 0.29) is 6.10 Å². The van der Waals surface area contributed by atoms with Crippen molar-refractivity contribution in [2.24, 2.45) is 0 Å². The predicted octanol–water partition coefficient (Wildman–Crippen LogP) is 2.45. The summed E-state index contributed by atoms with van der Waals surface area (Å²) in [6.45, 7) is 7.36. The van der Waals surface area contributed by atoms with Crippen LogP contribution in [0.15, 0.2) is 18.2 Å². The number of carbonyl (C=O) groups excluding carboxylic acids is 1. The number of benzene rings is 1. The van der Waals surface area contributed by atoms with E-state index in [1.807, 2.05) is 39.0 Å². The maximum absolute atomic E-state index is 10.0. The smallest absolute Gasteiger partial charge is 0.418 e. The van der Waals surface area contributed by atoms with Crippen LogP contribution in [0, 0.1) is 13.8 Å². The lowest BCUT2D eigenvalue weighted by Gasteiger charge is -2.13. The lowest BCUT2D eigenvalue weighted by atomic mass is 10.00. The summed E-state index contributed by atoms with van der Waals surface area (Å²) in [5.74, 6) is 0. The zero-order valence-electron chi connectivity index (χ0n) is 8.13. The molecule has 2 nitrogen and oxygen atoms in total. The molecule has 0 bridgehead atoms. The van der Waals surface area contributed by atoms with E-state index in [1.165, 1.54) is 17.6 Å². The van der Waals surface area contributed by atoms with Crippen molar-refractivity contribution in [3.8, 4) is 0 Å². The topological polar surface area (TPSA) is 26.3 Å². The van der Waals surface area contributed by atoms with Crippen LogP contribution in [0.4, 0.5) is 0 Å². The molecule has 0 heterocycles. The van der Waals surface area contributed by atoms with E-state index in [9.17, 15) is 4.79 Å². The summed E-state index contributed by atoms with van der Waals surface area (Å²) in [5.41, 5.74) is 3.42. The average molecular weight is 177 g/mol. The Morgan fingerprint density at radius 3 is 2.69 bits per heavy atom. The Bertz CT molecular complexity index is 305. The Morgan fingerprint density at radius 1 is 1.38 bits per heavy atom. The number of rotatable bonds is 3. The number of ether oxygens (including phenoxy) is 1. The molecule has 0 aromatic heterocycles. The minimum absolute atomic E-state index is 0.211. The molecule has 0 fully saturated rings. The van der Waals surface area contributed by atoms with E-state index in [0.717, 1.165) is 5.56 Å². The van der Waals surface area contributed by atoms with E-state index in [0.29, 0.717) is 0 Å².